The molecule has 2 heterocycles. The number of oxazole rings is 1. The SMILES string of the molecule is Cc1nc2cc(NC(=O)[C@H]3NCCO[C@@H]3C)ccc2o1. The highest BCUT2D eigenvalue weighted by molar-refractivity contribution is 5.96. The maximum atomic E-state index is 12.2. The molecule has 2 atom stereocenters. The predicted octanol–water partition coefficient (Wildman–Crippen LogP) is 1.45. The van der Waals surface area contributed by atoms with Crippen molar-refractivity contribution < 1.29 is 13.9 Å². The summed E-state index contributed by atoms with van der Waals surface area (Å²) in [5.74, 6) is 0.510. The Morgan fingerprint density at radius 2 is 2.35 bits per heavy atom. The zero-order valence-electron chi connectivity index (χ0n) is 11.5. The Kier molecular flexibility index (Phi) is 3.42. The van der Waals surface area contributed by atoms with Crippen LogP contribution >= 0.6 is 0 Å². The molecule has 0 spiro atoms. The van der Waals surface area contributed by atoms with E-state index in [9.17, 15) is 4.79 Å². The molecule has 1 fully saturated rings. The number of carbonyl (C=O) groups is 1. The lowest BCUT2D eigenvalue weighted by Gasteiger charge is -2.29. The van der Waals surface area contributed by atoms with E-state index in [1.165, 1.54) is 0 Å². The highest BCUT2D eigenvalue weighted by Crippen LogP contribution is 2.20. The highest BCUT2D eigenvalue weighted by Gasteiger charge is 2.28. The number of ether oxygens (including phenoxy) is 1. The summed E-state index contributed by atoms with van der Waals surface area (Å²) >= 11 is 0. The minimum absolute atomic E-state index is 0.100. The number of carbonyl (C=O) groups excluding carboxylic acids is 1. The summed E-state index contributed by atoms with van der Waals surface area (Å²) in [4.78, 5) is 16.5. The molecule has 0 unspecified atom stereocenters. The maximum absolute atomic E-state index is 12.2. The van der Waals surface area contributed by atoms with Gasteiger partial charge < -0.3 is 19.8 Å². The quantitative estimate of drug-likeness (QED) is 0.867. The number of fused-ring (bicyclic) bond motifs is 1. The second kappa shape index (κ2) is 5.22. The minimum Gasteiger partial charge on any atom is -0.441 e. The molecule has 1 aromatic carbocycles. The number of anilines is 1. The molecule has 2 N–H and O–H groups in total. The van der Waals surface area contributed by atoms with Crippen LogP contribution in [0.5, 0.6) is 0 Å². The number of aryl methyl sites for hydroxylation is 1. The molecule has 3 rings (SSSR count). The van der Waals surface area contributed by atoms with Crippen LogP contribution in [0.15, 0.2) is 22.6 Å². The van der Waals surface area contributed by atoms with Gasteiger partial charge >= 0.3 is 0 Å². The maximum Gasteiger partial charge on any atom is 0.244 e. The van der Waals surface area contributed by atoms with Gasteiger partial charge in [-0.3, -0.25) is 4.79 Å². The van der Waals surface area contributed by atoms with Crippen LogP contribution in [0.25, 0.3) is 11.1 Å². The van der Waals surface area contributed by atoms with E-state index in [1.54, 1.807) is 25.1 Å². The number of nitrogens with one attached hydrogen (secondary N) is 2. The van der Waals surface area contributed by atoms with Crippen molar-refractivity contribution in [1.82, 2.24) is 10.3 Å². The van der Waals surface area contributed by atoms with Gasteiger partial charge in [0.25, 0.3) is 0 Å². The number of morpholine rings is 1. The molecule has 0 bridgehead atoms. The fraction of sp³-hybridized carbons (Fsp3) is 0.429. The zero-order valence-corrected chi connectivity index (χ0v) is 11.5. The summed E-state index contributed by atoms with van der Waals surface area (Å²) < 4.78 is 10.9. The van der Waals surface area contributed by atoms with Crippen molar-refractivity contribution in [3.63, 3.8) is 0 Å². The normalized spacial score (nSPS) is 22.9. The van der Waals surface area contributed by atoms with Crippen LogP contribution in [-0.4, -0.2) is 36.2 Å². The average Bonchev–Trinajstić information content (AvgIpc) is 2.78. The molecule has 1 aliphatic rings. The van der Waals surface area contributed by atoms with Crippen molar-refractivity contribution in [2.45, 2.75) is 26.0 Å². The number of aromatic nitrogens is 1. The smallest absolute Gasteiger partial charge is 0.244 e. The summed E-state index contributed by atoms with van der Waals surface area (Å²) in [6.45, 7) is 5.00. The Hall–Kier alpha value is -1.92. The number of hydrogen-bond donors (Lipinski definition) is 2. The Morgan fingerprint density at radius 3 is 3.15 bits per heavy atom. The van der Waals surface area contributed by atoms with Gasteiger partial charge in [0.1, 0.15) is 11.6 Å². The van der Waals surface area contributed by atoms with Crippen LogP contribution in [0.1, 0.15) is 12.8 Å². The lowest BCUT2D eigenvalue weighted by atomic mass is 10.1. The Bertz CT molecular complexity index is 638. The predicted molar refractivity (Wildman–Crippen MR) is 74.6 cm³/mol. The molecule has 6 heteroatoms. The van der Waals surface area contributed by atoms with Crippen molar-refractivity contribution in [1.29, 1.82) is 0 Å². The van der Waals surface area contributed by atoms with E-state index in [4.69, 9.17) is 9.15 Å². The third kappa shape index (κ3) is 2.52. The zero-order chi connectivity index (χ0) is 14.1. The molecule has 1 aromatic heterocycles. The molecule has 1 aliphatic heterocycles. The molecule has 6 nitrogen and oxygen atoms in total. The molecule has 2 aromatic rings. The van der Waals surface area contributed by atoms with Gasteiger partial charge in [0.05, 0.1) is 12.7 Å². The number of amides is 1. The number of rotatable bonds is 2. The van der Waals surface area contributed by atoms with E-state index < -0.39 is 0 Å². The average molecular weight is 275 g/mol. The number of benzene rings is 1. The van der Waals surface area contributed by atoms with Gasteiger partial charge in [-0.1, -0.05) is 0 Å². The van der Waals surface area contributed by atoms with Crippen LogP contribution in [-0.2, 0) is 9.53 Å². The first-order chi connectivity index (χ1) is 9.63. The molecule has 0 aliphatic carbocycles. The van der Waals surface area contributed by atoms with Crippen LogP contribution in [0.3, 0.4) is 0 Å². The van der Waals surface area contributed by atoms with Crippen molar-refractivity contribution in [2.75, 3.05) is 18.5 Å². The van der Waals surface area contributed by atoms with E-state index >= 15 is 0 Å². The van der Waals surface area contributed by atoms with E-state index in [-0.39, 0.29) is 18.1 Å². The van der Waals surface area contributed by atoms with Crippen molar-refractivity contribution in [3.05, 3.63) is 24.1 Å². The molecular weight excluding hydrogens is 258 g/mol. The minimum atomic E-state index is -0.335. The largest absolute Gasteiger partial charge is 0.441 e. The van der Waals surface area contributed by atoms with Gasteiger partial charge in [-0.25, -0.2) is 4.98 Å². The summed E-state index contributed by atoms with van der Waals surface area (Å²) in [5, 5.41) is 6.04. The van der Waals surface area contributed by atoms with E-state index in [0.29, 0.717) is 30.3 Å². The molecular formula is C14H17N3O3. The number of nitrogens with zero attached hydrogens (tertiary/aromatic N) is 1. The van der Waals surface area contributed by atoms with Crippen LogP contribution < -0.4 is 10.6 Å². The highest BCUT2D eigenvalue weighted by atomic mass is 16.5. The second-order valence-electron chi connectivity index (χ2n) is 4.91. The van der Waals surface area contributed by atoms with Crippen molar-refractivity contribution in [2.24, 2.45) is 0 Å². The van der Waals surface area contributed by atoms with Crippen LogP contribution in [0, 0.1) is 6.92 Å². The van der Waals surface area contributed by atoms with E-state index in [0.717, 1.165) is 5.52 Å². The van der Waals surface area contributed by atoms with Gasteiger partial charge in [-0.2, -0.15) is 0 Å². The standard InChI is InChI=1S/C14H17N3O3/c1-8-13(15-5-6-19-8)14(18)17-10-3-4-12-11(7-10)16-9(2)20-12/h3-4,7-8,13,15H,5-6H2,1-2H3,(H,17,18)/t8-,13+/m1/s1. The topological polar surface area (TPSA) is 76.4 Å². The second-order valence-corrected chi connectivity index (χ2v) is 4.91. The summed E-state index contributed by atoms with van der Waals surface area (Å²) in [7, 11) is 0. The van der Waals surface area contributed by atoms with Gasteiger partial charge in [-0.05, 0) is 25.1 Å². The summed E-state index contributed by atoms with van der Waals surface area (Å²) in [6, 6.07) is 5.08. The van der Waals surface area contributed by atoms with Gasteiger partial charge in [0.2, 0.25) is 5.91 Å². The number of hydrogen-bond acceptors (Lipinski definition) is 5. The molecule has 0 radical (unpaired) electrons. The Morgan fingerprint density at radius 1 is 1.50 bits per heavy atom. The fourth-order valence-electron chi connectivity index (χ4n) is 2.37. The third-order valence-electron chi connectivity index (χ3n) is 3.36. The first-order valence-corrected chi connectivity index (χ1v) is 6.66. The lowest BCUT2D eigenvalue weighted by molar-refractivity contribution is -0.123. The fourth-order valence-corrected chi connectivity index (χ4v) is 2.37. The molecule has 1 saturated heterocycles. The van der Waals surface area contributed by atoms with Gasteiger partial charge in [0, 0.05) is 19.2 Å². The van der Waals surface area contributed by atoms with Crippen LogP contribution in [0.2, 0.25) is 0 Å². The summed E-state index contributed by atoms with van der Waals surface area (Å²) in [5.41, 5.74) is 2.16. The molecule has 106 valence electrons. The monoisotopic (exact) mass is 275 g/mol. The van der Waals surface area contributed by atoms with Gasteiger partial charge in [-0.15, -0.1) is 0 Å². The van der Waals surface area contributed by atoms with Crippen molar-refractivity contribution >= 4 is 22.7 Å². The van der Waals surface area contributed by atoms with E-state index in [2.05, 4.69) is 15.6 Å². The van der Waals surface area contributed by atoms with Gasteiger partial charge in [0.15, 0.2) is 11.5 Å². The van der Waals surface area contributed by atoms with Crippen molar-refractivity contribution in [3.8, 4) is 0 Å². The van der Waals surface area contributed by atoms with E-state index in [1.807, 2.05) is 6.92 Å². The van der Waals surface area contributed by atoms with Crippen LogP contribution in [0.4, 0.5) is 5.69 Å². The molecule has 20 heavy (non-hydrogen) atoms. The lowest BCUT2D eigenvalue weighted by Crippen LogP contribution is -2.53. The first-order valence-electron chi connectivity index (χ1n) is 6.66. The summed E-state index contributed by atoms with van der Waals surface area (Å²) in [6.07, 6.45) is -0.137. The Labute approximate surface area is 116 Å². The molecule has 0 saturated carbocycles. The molecule has 1 amide bonds. The first kappa shape index (κ1) is 13.1. The Balaban J connectivity index is 1.76. The third-order valence-corrected chi connectivity index (χ3v) is 3.36.